The first-order valence-corrected chi connectivity index (χ1v) is 15.7. The largest absolute Gasteiger partial charge is 0.309 e. The van der Waals surface area contributed by atoms with Gasteiger partial charge < -0.3 is 13.7 Å². The van der Waals surface area contributed by atoms with Gasteiger partial charge in [0.1, 0.15) is 0 Å². The fourth-order valence-electron chi connectivity index (χ4n) is 6.84. The molecule has 0 bridgehead atoms. The molecule has 0 aliphatic rings. The summed E-state index contributed by atoms with van der Waals surface area (Å²) in [7, 11) is 0. The third-order valence-corrected chi connectivity index (χ3v) is 8.95. The van der Waals surface area contributed by atoms with E-state index in [4.69, 9.17) is 15.1 Å². The molecule has 0 aliphatic heterocycles. The molecule has 0 spiro atoms. The Morgan fingerprint density at radius 1 is 0.333 bits per heavy atom. The van der Waals surface area contributed by atoms with Crippen LogP contribution in [0.1, 0.15) is 30.2 Å². The smallest absolute Gasteiger partial charge is 0.0782 e. The number of fused-ring (bicyclic) bond motifs is 9. The lowest BCUT2D eigenvalue weighted by Gasteiger charge is -2.14. The van der Waals surface area contributed by atoms with Gasteiger partial charge in [0.15, 0.2) is 0 Å². The van der Waals surface area contributed by atoms with Crippen molar-refractivity contribution in [1.82, 2.24) is 13.7 Å². The van der Waals surface area contributed by atoms with Crippen LogP contribution in [0.3, 0.4) is 0 Å². The van der Waals surface area contributed by atoms with Crippen molar-refractivity contribution in [2.24, 2.45) is 0 Å². The number of aromatic nitrogens is 3. The zero-order valence-electron chi connectivity index (χ0n) is 48.0. The van der Waals surface area contributed by atoms with Crippen molar-refractivity contribution in [3.05, 3.63) is 188 Å². The van der Waals surface area contributed by atoms with Crippen molar-refractivity contribution in [2.45, 2.75) is 0 Å². The SMILES string of the molecule is [2H]c1cccc(-n2c3c([2H])c([2H])c([2H])c([2H])c3c3c([2H])c(-c4c([2H])c([2H])c5c(c4[2H])c4c([2H])c([2H])c([2H])c([2H])c4n5-c4c([2H])c([2H])c([2H])c5c6c([2H])c([2H])c([2H])c([2H])c6n(-c6ccccc6)c45)c([2H])c([2H])c32)c1. The van der Waals surface area contributed by atoms with Gasteiger partial charge in [-0.05, 0) is 83.7 Å². The molecule has 3 nitrogen and oxygen atoms in total. The van der Waals surface area contributed by atoms with E-state index in [0.29, 0.717) is 0 Å². The van der Waals surface area contributed by atoms with Crippen LogP contribution in [-0.2, 0) is 0 Å². The third kappa shape index (κ3) is 4.06. The van der Waals surface area contributed by atoms with E-state index in [-0.39, 0.29) is 61.0 Å². The predicted molar refractivity (Wildman–Crippen MR) is 215 cm³/mol. The number of para-hydroxylation sites is 6. The number of rotatable bonds is 4. The van der Waals surface area contributed by atoms with Crippen molar-refractivity contribution >= 4 is 65.4 Å². The fourth-order valence-corrected chi connectivity index (χ4v) is 6.84. The highest BCUT2D eigenvalue weighted by atomic mass is 15.1. The van der Waals surface area contributed by atoms with Crippen molar-refractivity contribution < 1.29 is 30.2 Å². The Kier molecular flexibility index (Phi) is 3.01. The van der Waals surface area contributed by atoms with Gasteiger partial charge in [-0.3, -0.25) is 0 Å². The molecular formula is C48H31N3. The van der Waals surface area contributed by atoms with Gasteiger partial charge in [-0.15, -0.1) is 0 Å². The Bertz CT molecular complexity index is 4400. The first-order chi connectivity index (χ1) is 34.5. The first-order valence-electron chi connectivity index (χ1n) is 26.7. The Morgan fingerprint density at radius 2 is 0.824 bits per heavy atom. The van der Waals surface area contributed by atoms with E-state index in [9.17, 15) is 15.1 Å². The summed E-state index contributed by atoms with van der Waals surface area (Å²) in [5.74, 6) is 0. The molecule has 0 unspecified atom stereocenters. The van der Waals surface area contributed by atoms with E-state index in [1.807, 2.05) is 0 Å². The van der Waals surface area contributed by atoms with E-state index in [2.05, 4.69) is 0 Å². The Labute approximate surface area is 325 Å². The topological polar surface area (TPSA) is 14.8 Å². The van der Waals surface area contributed by atoms with Crippen molar-refractivity contribution in [2.75, 3.05) is 0 Å². The lowest BCUT2D eigenvalue weighted by Crippen LogP contribution is -2.00. The fraction of sp³-hybridized carbons (Fsp3) is 0. The van der Waals surface area contributed by atoms with Gasteiger partial charge in [-0.25, -0.2) is 0 Å². The minimum absolute atomic E-state index is 0.0135. The molecule has 3 aromatic heterocycles. The van der Waals surface area contributed by atoms with Gasteiger partial charge in [-0.2, -0.15) is 0 Å². The van der Waals surface area contributed by atoms with Gasteiger partial charge in [-0.1, -0.05) is 115 Å². The maximum absolute atomic E-state index is 10.0. The van der Waals surface area contributed by atoms with E-state index >= 15 is 0 Å². The molecule has 0 N–H and O–H groups in total. The third-order valence-electron chi connectivity index (χ3n) is 8.95. The second-order valence-corrected chi connectivity index (χ2v) is 11.7. The van der Waals surface area contributed by atoms with Crippen molar-refractivity contribution in [3.63, 3.8) is 0 Å². The monoisotopic (exact) mass is 671 g/mol. The summed E-state index contributed by atoms with van der Waals surface area (Å²) in [5.41, 5.74) is -3.20. The lowest BCUT2D eigenvalue weighted by atomic mass is 10.0. The standard InChI is InChI=1S/C48H31N3/c1-3-14-34(15-4-1)49-42-22-10-8-19-37(42)40-30-32(26-28-45(40)49)33-27-29-46-41(31-33)38-20-9-12-24-44(38)51(46)47-25-13-21-39-36-18-7-11-23-43(36)50(48(39)47)35-16-5-2-6-17-35/h1-31H/i3D,7D,8D,9D,10D,11D,12D,13D,18D,19D,20D,21D,22D,23D,24D,25D,26D,27D,28D,29D,30D,31D. The summed E-state index contributed by atoms with van der Waals surface area (Å²) in [6, 6.07) is -1.33. The van der Waals surface area contributed by atoms with Crippen LogP contribution in [0.5, 0.6) is 0 Å². The molecule has 8 aromatic carbocycles. The van der Waals surface area contributed by atoms with Gasteiger partial charge in [0.25, 0.3) is 0 Å². The van der Waals surface area contributed by atoms with Gasteiger partial charge in [0, 0.05) is 43.7 Å². The number of benzene rings is 8. The predicted octanol–water partition coefficient (Wildman–Crippen LogP) is 12.6. The number of hydrogen-bond donors (Lipinski definition) is 0. The van der Waals surface area contributed by atoms with E-state index in [1.54, 1.807) is 30.3 Å². The molecule has 0 fully saturated rings. The van der Waals surface area contributed by atoms with E-state index < -0.39 is 166 Å². The van der Waals surface area contributed by atoms with Gasteiger partial charge in [0.05, 0.1) is 68.9 Å². The molecule has 11 aromatic rings. The molecule has 3 heterocycles. The summed E-state index contributed by atoms with van der Waals surface area (Å²) in [6.45, 7) is 0. The molecule has 51 heavy (non-hydrogen) atoms. The highest BCUT2D eigenvalue weighted by molar-refractivity contribution is 6.16. The van der Waals surface area contributed by atoms with Crippen molar-refractivity contribution in [1.29, 1.82) is 0 Å². The molecule has 0 amide bonds. The molecule has 0 radical (unpaired) electrons. The normalized spacial score (nSPS) is 18.0. The Balaban J connectivity index is 1.38. The van der Waals surface area contributed by atoms with Crippen LogP contribution in [0.15, 0.2) is 188 Å². The average Bonchev–Trinajstić information content (AvgIpc) is 4.05. The van der Waals surface area contributed by atoms with Gasteiger partial charge in [0.2, 0.25) is 0 Å². The minimum atomic E-state index is -0.890. The summed E-state index contributed by atoms with van der Waals surface area (Å²) >= 11 is 0. The summed E-state index contributed by atoms with van der Waals surface area (Å²) in [5, 5.41) is -1.98. The maximum Gasteiger partial charge on any atom is 0.0782 e. The molecule has 0 aliphatic carbocycles. The molecule has 0 atom stereocenters. The average molecular weight is 672 g/mol. The first kappa shape index (κ1) is 14.2. The Morgan fingerprint density at radius 3 is 1.47 bits per heavy atom. The van der Waals surface area contributed by atoms with Crippen LogP contribution < -0.4 is 0 Å². The zero-order chi connectivity index (χ0) is 52.6. The zero-order valence-corrected chi connectivity index (χ0v) is 26.0. The molecule has 238 valence electrons. The molecule has 0 saturated heterocycles. The van der Waals surface area contributed by atoms with E-state index in [1.165, 1.54) is 33.4 Å². The van der Waals surface area contributed by atoms with Crippen LogP contribution in [0.2, 0.25) is 0 Å². The van der Waals surface area contributed by atoms with Crippen molar-refractivity contribution in [3.8, 4) is 28.2 Å². The molecule has 11 rings (SSSR count). The highest BCUT2D eigenvalue weighted by Crippen LogP contribution is 2.41. The molecular weight excluding hydrogens is 619 g/mol. The van der Waals surface area contributed by atoms with Crippen LogP contribution in [0.25, 0.3) is 93.6 Å². The lowest BCUT2D eigenvalue weighted by molar-refractivity contribution is 1.13. The van der Waals surface area contributed by atoms with Crippen LogP contribution in [-0.4, -0.2) is 13.7 Å². The quantitative estimate of drug-likeness (QED) is 0.177. The summed E-state index contributed by atoms with van der Waals surface area (Å²) in [4.78, 5) is 0. The number of hydrogen-bond acceptors (Lipinski definition) is 0. The maximum atomic E-state index is 10.0. The summed E-state index contributed by atoms with van der Waals surface area (Å²) in [6.07, 6.45) is 0. The minimum Gasteiger partial charge on any atom is -0.309 e. The van der Waals surface area contributed by atoms with Crippen LogP contribution in [0, 0.1) is 0 Å². The van der Waals surface area contributed by atoms with E-state index in [0.717, 1.165) is 4.57 Å². The molecule has 0 saturated carbocycles. The second-order valence-electron chi connectivity index (χ2n) is 11.7. The van der Waals surface area contributed by atoms with Crippen LogP contribution in [0.4, 0.5) is 0 Å². The highest BCUT2D eigenvalue weighted by Gasteiger charge is 2.20. The second kappa shape index (κ2) is 10.8. The summed E-state index contributed by atoms with van der Waals surface area (Å²) < 4.78 is 206. The number of nitrogens with zero attached hydrogens (tertiary/aromatic N) is 3. The van der Waals surface area contributed by atoms with Gasteiger partial charge >= 0.3 is 0 Å². The molecule has 3 heteroatoms. The Hall–Kier alpha value is -6.84. The van der Waals surface area contributed by atoms with Crippen LogP contribution >= 0.6 is 0 Å².